The Kier molecular flexibility index (Phi) is 15.8. The van der Waals surface area contributed by atoms with E-state index in [1.165, 1.54) is 6.92 Å². The third kappa shape index (κ3) is 10.3. The quantitative estimate of drug-likeness (QED) is 0.104. The number of rotatable bonds is 12. The number of hydrogen-bond donors (Lipinski definition) is 4. The maximum absolute atomic E-state index is 14.4. The number of likely N-dealkylation sites (N-methyl/N-ethyl adjacent to an activating group) is 1. The highest BCUT2D eigenvalue weighted by atomic mass is 16.7. The van der Waals surface area contributed by atoms with E-state index in [0.29, 0.717) is 57.4 Å². The minimum Gasteiger partial charge on any atom is -0.458 e. The lowest BCUT2D eigenvalue weighted by Crippen LogP contribution is -2.61. The van der Waals surface area contributed by atoms with Gasteiger partial charge in [-0.1, -0.05) is 38.1 Å². The number of hydrogen-bond acceptors (Lipinski definition) is 15. The molecular weight excluding hydrogens is 773 g/mol. The van der Waals surface area contributed by atoms with E-state index in [0.717, 1.165) is 11.3 Å². The zero-order valence-corrected chi connectivity index (χ0v) is 37.2. The van der Waals surface area contributed by atoms with Crippen LogP contribution in [0.1, 0.15) is 80.6 Å². The highest BCUT2D eigenvalue weighted by molar-refractivity contribution is 6.00. The molecule has 1 amide bonds. The summed E-state index contributed by atoms with van der Waals surface area (Å²) in [5.74, 6) is -3.27. The number of aliphatic hydroxyl groups excluding tert-OH is 1. The lowest BCUT2D eigenvalue weighted by molar-refractivity contribution is -0.296. The lowest BCUT2D eigenvalue weighted by Gasteiger charge is -2.47. The van der Waals surface area contributed by atoms with Crippen LogP contribution in [-0.2, 0) is 39.8 Å². The molecule has 4 heterocycles. The number of amides is 1. The van der Waals surface area contributed by atoms with Crippen LogP contribution in [0.4, 0.5) is 10.5 Å². The summed E-state index contributed by atoms with van der Waals surface area (Å²) in [6.45, 7) is 14.6. The first-order valence-corrected chi connectivity index (χ1v) is 21.5. The Morgan fingerprint density at radius 3 is 2.47 bits per heavy atom. The number of nitrogen functional groups attached to an aromatic ring is 1. The number of nitrogens with zero attached hydrogens (tertiary/aromatic N) is 5. The molecule has 60 heavy (non-hydrogen) atoms. The fraction of sp³-hybridized carbons (Fsp3) is 0.744. The maximum Gasteiger partial charge on any atom is 0.410 e. The van der Waals surface area contributed by atoms with Gasteiger partial charge in [-0.3, -0.25) is 19.2 Å². The minimum atomic E-state index is -1.24. The topological polar surface area (TPSA) is 219 Å². The van der Waals surface area contributed by atoms with Crippen LogP contribution in [0.15, 0.2) is 30.5 Å². The smallest absolute Gasteiger partial charge is 0.410 e. The van der Waals surface area contributed by atoms with Crippen molar-refractivity contribution in [3.8, 4) is 11.3 Å². The number of aryl methyl sites for hydroxylation is 1. The van der Waals surface area contributed by atoms with Gasteiger partial charge in [0.1, 0.15) is 23.8 Å². The average Bonchev–Trinajstić information content (AvgIpc) is 3.80. The third-order valence-electron chi connectivity index (χ3n) is 13.0. The summed E-state index contributed by atoms with van der Waals surface area (Å²) in [6.07, 6.45) is -0.316. The van der Waals surface area contributed by atoms with E-state index in [4.69, 9.17) is 35.2 Å². The molecule has 3 aliphatic rings. The Morgan fingerprint density at radius 2 is 1.82 bits per heavy atom. The van der Waals surface area contributed by atoms with Gasteiger partial charge < -0.3 is 50.5 Å². The molecule has 336 valence electrons. The zero-order valence-electron chi connectivity index (χ0n) is 37.2. The number of fused-ring (bicyclic) bond motifs is 1. The van der Waals surface area contributed by atoms with Gasteiger partial charge in [0.15, 0.2) is 17.7 Å². The Hall–Kier alpha value is -3.71. The number of nitrogens with two attached hydrogens (primary N) is 2. The third-order valence-corrected chi connectivity index (χ3v) is 13.0. The highest BCUT2D eigenvalue weighted by Gasteiger charge is 2.58. The maximum atomic E-state index is 14.4. The number of carbonyl (C=O) groups is 3. The molecule has 0 saturated carbocycles. The van der Waals surface area contributed by atoms with Crippen molar-refractivity contribution >= 4 is 23.5 Å². The molecule has 0 bridgehead atoms. The van der Waals surface area contributed by atoms with Gasteiger partial charge in [-0.2, -0.15) is 0 Å². The normalized spacial score (nSPS) is 36.0. The number of aromatic nitrogens is 3. The number of Topliss-reactive ketones (excluding diaryl/α,β-unsaturated/α-hetero) is 1. The van der Waals surface area contributed by atoms with E-state index in [1.54, 1.807) is 23.6 Å². The molecule has 1 unspecified atom stereocenters. The van der Waals surface area contributed by atoms with E-state index in [-0.39, 0.29) is 30.7 Å². The van der Waals surface area contributed by atoms with E-state index in [2.05, 4.69) is 22.6 Å². The molecule has 1 aromatic carbocycles. The summed E-state index contributed by atoms with van der Waals surface area (Å²) in [6, 6.07) is 6.35. The van der Waals surface area contributed by atoms with Crippen LogP contribution < -0.4 is 16.8 Å². The Bertz CT molecular complexity index is 1760. The highest BCUT2D eigenvalue weighted by Crippen LogP contribution is 2.40. The van der Waals surface area contributed by atoms with Crippen molar-refractivity contribution in [1.29, 1.82) is 0 Å². The summed E-state index contributed by atoms with van der Waals surface area (Å²) in [5, 5.41) is 23.8. The minimum absolute atomic E-state index is 0.0330. The van der Waals surface area contributed by atoms with Crippen LogP contribution in [-0.4, -0.2) is 149 Å². The molecule has 3 aliphatic heterocycles. The molecule has 3 saturated heterocycles. The van der Waals surface area contributed by atoms with Crippen molar-refractivity contribution < 1.29 is 43.2 Å². The average molecular weight is 843 g/mol. The number of esters is 1. The molecular formula is C43H70N8O9. The van der Waals surface area contributed by atoms with E-state index in [9.17, 15) is 19.5 Å². The van der Waals surface area contributed by atoms with Crippen LogP contribution in [0, 0.1) is 17.8 Å². The first-order chi connectivity index (χ1) is 28.4. The fourth-order valence-corrected chi connectivity index (χ4v) is 9.49. The summed E-state index contributed by atoms with van der Waals surface area (Å²) in [5.41, 5.74) is 12.0. The second-order valence-corrected chi connectivity index (χ2v) is 17.8. The lowest BCUT2D eigenvalue weighted by atomic mass is 9.78. The molecule has 1 aromatic heterocycles. The van der Waals surface area contributed by atoms with Crippen molar-refractivity contribution in [2.75, 3.05) is 46.6 Å². The standard InChI is InChI=1S/C43H70N8O9/c1-11-34-43(7)37(51(41(55)60-43)18-13-12-17-50-24-32(47-48-50)29-15-14-16-30(45)19-29)28(5)46-23-25(2)21-42(6,56-10)38(26(3)35(52)27(4)39(54)58-34)59-40-36(53)33(49(8)9)20-31(22-44)57-40/h14-16,19,24-28,31,33-34,36-38,40,46,53H,11-13,17-18,20-23,44-45H2,1-10H3/t25-,26+,27-,28-,31+,33?,34-,36-,37-,38-,40+,42-,43-/m1/s1. The number of carbonyl (C=O) groups excluding carboxylic acids is 3. The second-order valence-electron chi connectivity index (χ2n) is 17.8. The molecule has 0 spiro atoms. The van der Waals surface area contributed by atoms with Gasteiger partial charge >= 0.3 is 12.1 Å². The summed E-state index contributed by atoms with van der Waals surface area (Å²) >= 11 is 0. The second kappa shape index (κ2) is 20.0. The van der Waals surface area contributed by atoms with Crippen molar-refractivity contribution in [1.82, 2.24) is 30.1 Å². The molecule has 0 aliphatic carbocycles. The SMILES string of the molecule is CC[C@H]1OC(=O)[C@H](C)C(=O)[C@H](C)[C@@H](O[C@@H]2O[C@H](CN)CC(N(C)C)[C@H]2O)[C@](C)(OC)C[C@@H](C)CN[C@H](C)[C@H]2N(CCCCn3cc(-c4cccc(N)c4)nn3)C(=O)O[C@]12C. The number of benzene rings is 1. The van der Waals surface area contributed by atoms with Gasteiger partial charge in [-0.15, -0.1) is 5.10 Å². The van der Waals surface area contributed by atoms with Gasteiger partial charge in [0.25, 0.3) is 0 Å². The number of unbranched alkanes of at least 4 members (excludes halogenated alkanes) is 1. The van der Waals surface area contributed by atoms with Gasteiger partial charge in [-0.25, -0.2) is 4.79 Å². The zero-order chi connectivity index (χ0) is 44.1. The number of ether oxygens (including phenoxy) is 5. The van der Waals surface area contributed by atoms with E-state index in [1.807, 2.05) is 77.2 Å². The summed E-state index contributed by atoms with van der Waals surface area (Å²) in [7, 11) is 5.32. The number of aliphatic hydroxyl groups is 1. The molecule has 5 rings (SSSR count). The predicted molar refractivity (Wildman–Crippen MR) is 225 cm³/mol. The van der Waals surface area contributed by atoms with Crippen LogP contribution in [0.5, 0.6) is 0 Å². The van der Waals surface area contributed by atoms with E-state index >= 15 is 0 Å². The molecule has 3 fully saturated rings. The predicted octanol–water partition coefficient (Wildman–Crippen LogP) is 3.22. The van der Waals surface area contributed by atoms with Crippen molar-refractivity contribution in [3.05, 3.63) is 30.5 Å². The van der Waals surface area contributed by atoms with E-state index < -0.39 is 71.5 Å². The molecule has 17 heteroatoms. The van der Waals surface area contributed by atoms with Gasteiger partial charge in [0.05, 0.1) is 30.0 Å². The number of nitrogens with one attached hydrogen (secondary N) is 1. The van der Waals surface area contributed by atoms with Crippen LogP contribution >= 0.6 is 0 Å². The van der Waals surface area contributed by atoms with Gasteiger partial charge in [-0.05, 0) is 98.5 Å². The van der Waals surface area contributed by atoms with Gasteiger partial charge in [0.2, 0.25) is 0 Å². The number of ketones is 1. The largest absolute Gasteiger partial charge is 0.458 e. The van der Waals surface area contributed by atoms with Crippen molar-refractivity contribution in [2.45, 2.75) is 147 Å². The fourth-order valence-electron chi connectivity index (χ4n) is 9.49. The monoisotopic (exact) mass is 843 g/mol. The molecule has 6 N–H and O–H groups in total. The Balaban J connectivity index is 1.38. The van der Waals surface area contributed by atoms with Crippen LogP contribution in [0.25, 0.3) is 11.3 Å². The molecule has 13 atom stereocenters. The van der Waals surface area contributed by atoms with Crippen LogP contribution in [0.3, 0.4) is 0 Å². The van der Waals surface area contributed by atoms with Gasteiger partial charge in [0, 0.05) is 56.0 Å². The van der Waals surface area contributed by atoms with Crippen molar-refractivity contribution in [2.24, 2.45) is 23.5 Å². The first kappa shape index (κ1) is 47.3. The molecule has 2 aromatic rings. The van der Waals surface area contributed by atoms with Crippen LogP contribution in [0.2, 0.25) is 0 Å². The summed E-state index contributed by atoms with van der Waals surface area (Å²) < 4.78 is 33.3. The number of cyclic esters (lactones) is 1. The van der Waals surface area contributed by atoms with Crippen molar-refractivity contribution in [3.63, 3.8) is 0 Å². The number of anilines is 1. The molecule has 0 radical (unpaired) electrons. The molecule has 17 nitrogen and oxygen atoms in total. The Labute approximate surface area is 355 Å². The number of methoxy groups -OCH3 is 1. The summed E-state index contributed by atoms with van der Waals surface area (Å²) in [4.78, 5) is 45.9. The first-order valence-electron chi connectivity index (χ1n) is 21.5. The Morgan fingerprint density at radius 1 is 1.10 bits per heavy atom.